The summed E-state index contributed by atoms with van der Waals surface area (Å²) in [6.45, 7) is 1.05. The van der Waals surface area contributed by atoms with Crippen molar-refractivity contribution in [2.75, 3.05) is 7.05 Å². The van der Waals surface area contributed by atoms with Gasteiger partial charge in [0.05, 0.1) is 0 Å². The van der Waals surface area contributed by atoms with Crippen LogP contribution in [-0.4, -0.2) is 16.9 Å². The van der Waals surface area contributed by atoms with Crippen molar-refractivity contribution in [2.45, 2.75) is 13.1 Å². The van der Waals surface area contributed by atoms with E-state index < -0.39 is 0 Å². The van der Waals surface area contributed by atoms with E-state index in [4.69, 9.17) is 18.0 Å². The highest BCUT2D eigenvalue weighted by molar-refractivity contribution is 7.80. The Bertz CT molecular complexity index is 641. The first-order chi connectivity index (χ1) is 9.95. The maximum absolute atomic E-state index is 14.0. The smallest absolute Gasteiger partial charge is 0.128 e. The molecule has 0 aliphatic heterocycles. The van der Waals surface area contributed by atoms with E-state index in [0.29, 0.717) is 24.2 Å². The van der Waals surface area contributed by atoms with Crippen LogP contribution in [0.1, 0.15) is 16.7 Å². The van der Waals surface area contributed by atoms with Crippen LogP contribution in [0.4, 0.5) is 8.78 Å². The minimum Gasteiger partial charge on any atom is -0.389 e. The molecule has 0 aromatic heterocycles. The van der Waals surface area contributed by atoms with Gasteiger partial charge in [0, 0.05) is 24.2 Å². The van der Waals surface area contributed by atoms with Crippen LogP contribution < -0.4 is 5.73 Å². The third-order valence-corrected chi connectivity index (χ3v) is 3.38. The van der Waals surface area contributed by atoms with Gasteiger partial charge in [-0.15, -0.1) is 0 Å². The van der Waals surface area contributed by atoms with Crippen molar-refractivity contribution in [3.05, 3.63) is 70.8 Å². The maximum Gasteiger partial charge on any atom is 0.128 e. The molecule has 21 heavy (non-hydrogen) atoms. The Morgan fingerprint density at radius 2 is 1.76 bits per heavy atom. The summed E-state index contributed by atoms with van der Waals surface area (Å²) in [6.07, 6.45) is 0. The highest BCUT2D eigenvalue weighted by Crippen LogP contribution is 2.14. The first-order valence-electron chi connectivity index (χ1n) is 6.47. The second-order valence-corrected chi connectivity index (χ2v) is 5.41. The van der Waals surface area contributed by atoms with Gasteiger partial charge in [0.15, 0.2) is 0 Å². The number of thiocarbonyl (C=S) groups is 1. The van der Waals surface area contributed by atoms with Crippen molar-refractivity contribution in [1.82, 2.24) is 4.90 Å². The van der Waals surface area contributed by atoms with Gasteiger partial charge in [0.1, 0.15) is 16.6 Å². The standard InChI is InChI=1S/C16H16F2N2S/c1-20(9-11-2-6-14(17)7-3-11)10-13-5-4-12(16(19)21)8-15(13)18/h2-8H,9-10H2,1H3,(H2,19,21). The van der Waals surface area contributed by atoms with Crippen LogP contribution in [-0.2, 0) is 13.1 Å². The molecular formula is C16H16F2N2S. The Kier molecular flexibility index (Phi) is 4.98. The zero-order valence-corrected chi connectivity index (χ0v) is 12.5. The molecule has 2 nitrogen and oxygen atoms in total. The van der Waals surface area contributed by atoms with E-state index in [1.54, 1.807) is 24.3 Å². The van der Waals surface area contributed by atoms with Crippen molar-refractivity contribution >= 4 is 17.2 Å². The summed E-state index contributed by atoms with van der Waals surface area (Å²) in [5.41, 5.74) is 7.53. The zero-order valence-electron chi connectivity index (χ0n) is 11.6. The lowest BCUT2D eigenvalue weighted by atomic mass is 10.1. The second kappa shape index (κ2) is 6.74. The largest absolute Gasteiger partial charge is 0.389 e. The third-order valence-electron chi connectivity index (χ3n) is 3.14. The predicted octanol–water partition coefficient (Wildman–Crippen LogP) is 3.23. The van der Waals surface area contributed by atoms with Crippen LogP contribution >= 0.6 is 12.2 Å². The Morgan fingerprint density at radius 3 is 2.33 bits per heavy atom. The van der Waals surface area contributed by atoms with E-state index in [-0.39, 0.29) is 16.6 Å². The van der Waals surface area contributed by atoms with E-state index in [9.17, 15) is 8.78 Å². The number of nitrogens with zero attached hydrogens (tertiary/aromatic N) is 1. The molecule has 2 aromatic rings. The second-order valence-electron chi connectivity index (χ2n) is 4.97. The van der Waals surface area contributed by atoms with Crippen LogP contribution in [0.3, 0.4) is 0 Å². The van der Waals surface area contributed by atoms with Crippen LogP contribution in [0.25, 0.3) is 0 Å². The summed E-state index contributed by atoms with van der Waals surface area (Å²) >= 11 is 4.82. The fourth-order valence-electron chi connectivity index (χ4n) is 2.08. The third kappa shape index (κ3) is 4.31. The number of hydrogen-bond acceptors (Lipinski definition) is 2. The molecule has 2 aromatic carbocycles. The lowest BCUT2D eigenvalue weighted by Crippen LogP contribution is -2.18. The first-order valence-corrected chi connectivity index (χ1v) is 6.88. The molecule has 2 N–H and O–H groups in total. The number of halogens is 2. The predicted molar refractivity (Wildman–Crippen MR) is 83.9 cm³/mol. The summed E-state index contributed by atoms with van der Waals surface area (Å²) in [5, 5.41) is 0. The van der Waals surface area contributed by atoms with Gasteiger partial charge < -0.3 is 5.73 Å². The molecule has 5 heteroatoms. The molecule has 0 spiro atoms. The van der Waals surface area contributed by atoms with E-state index in [2.05, 4.69) is 0 Å². The van der Waals surface area contributed by atoms with Crippen molar-refractivity contribution in [3.8, 4) is 0 Å². The summed E-state index contributed by atoms with van der Waals surface area (Å²) in [6, 6.07) is 11.0. The van der Waals surface area contributed by atoms with Gasteiger partial charge in [0.2, 0.25) is 0 Å². The Balaban J connectivity index is 2.04. The summed E-state index contributed by atoms with van der Waals surface area (Å²) in [7, 11) is 1.88. The summed E-state index contributed by atoms with van der Waals surface area (Å²) in [5.74, 6) is -0.591. The number of nitrogens with two attached hydrogens (primary N) is 1. The van der Waals surface area contributed by atoms with Gasteiger partial charge in [-0.1, -0.05) is 36.5 Å². The van der Waals surface area contributed by atoms with E-state index >= 15 is 0 Å². The van der Waals surface area contributed by atoms with Gasteiger partial charge >= 0.3 is 0 Å². The van der Waals surface area contributed by atoms with Crippen molar-refractivity contribution < 1.29 is 8.78 Å². The highest BCUT2D eigenvalue weighted by atomic mass is 32.1. The van der Waals surface area contributed by atoms with Crippen molar-refractivity contribution in [2.24, 2.45) is 5.73 Å². The maximum atomic E-state index is 14.0. The summed E-state index contributed by atoms with van der Waals surface area (Å²) < 4.78 is 26.8. The molecule has 0 aliphatic carbocycles. The topological polar surface area (TPSA) is 29.3 Å². The molecule has 0 saturated carbocycles. The summed E-state index contributed by atoms with van der Waals surface area (Å²) in [4.78, 5) is 2.13. The molecule has 0 fully saturated rings. The normalized spacial score (nSPS) is 10.9. The average molecular weight is 306 g/mol. The lowest BCUT2D eigenvalue weighted by Gasteiger charge is -2.17. The van der Waals surface area contributed by atoms with Crippen LogP contribution in [0, 0.1) is 11.6 Å². The van der Waals surface area contributed by atoms with Crippen LogP contribution in [0.2, 0.25) is 0 Å². The van der Waals surface area contributed by atoms with Crippen molar-refractivity contribution in [3.63, 3.8) is 0 Å². The first kappa shape index (κ1) is 15.5. The minimum absolute atomic E-state index is 0.181. The lowest BCUT2D eigenvalue weighted by molar-refractivity contribution is 0.313. The van der Waals surface area contributed by atoms with Gasteiger partial charge in [-0.25, -0.2) is 8.78 Å². The molecular weight excluding hydrogens is 290 g/mol. The van der Waals surface area contributed by atoms with Crippen LogP contribution in [0.15, 0.2) is 42.5 Å². The van der Waals surface area contributed by atoms with Gasteiger partial charge in [-0.3, -0.25) is 4.90 Å². The quantitative estimate of drug-likeness (QED) is 0.860. The fourth-order valence-corrected chi connectivity index (χ4v) is 2.20. The Hall–Kier alpha value is -1.85. The average Bonchev–Trinajstić information content (AvgIpc) is 2.43. The van der Waals surface area contributed by atoms with Crippen LogP contribution in [0.5, 0.6) is 0 Å². The minimum atomic E-state index is -0.328. The van der Waals surface area contributed by atoms with Gasteiger partial charge in [0.25, 0.3) is 0 Å². The molecule has 110 valence electrons. The molecule has 0 amide bonds. The van der Waals surface area contributed by atoms with E-state index in [0.717, 1.165) is 5.56 Å². The Labute approximate surface area is 128 Å². The molecule has 0 saturated heterocycles. The number of rotatable bonds is 5. The molecule has 0 unspecified atom stereocenters. The highest BCUT2D eigenvalue weighted by Gasteiger charge is 2.08. The number of benzene rings is 2. The molecule has 0 atom stereocenters. The fraction of sp³-hybridized carbons (Fsp3) is 0.188. The molecule has 0 heterocycles. The van der Waals surface area contributed by atoms with E-state index in [1.807, 2.05) is 11.9 Å². The van der Waals surface area contributed by atoms with Gasteiger partial charge in [-0.05, 0) is 30.8 Å². The Morgan fingerprint density at radius 1 is 1.10 bits per heavy atom. The molecule has 0 radical (unpaired) electrons. The van der Waals surface area contributed by atoms with E-state index in [1.165, 1.54) is 18.2 Å². The molecule has 2 rings (SSSR count). The van der Waals surface area contributed by atoms with Crippen molar-refractivity contribution in [1.29, 1.82) is 0 Å². The molecule has 0 bridgehead atoms. The zero-order chi connectivity index (χ0) is 15.4. The van der Waals surface area contributed by atoms with Gasteiger partial charge in [-0.2, -0.15) is 0 Å². The number of hydrogen-bond donors (Lipinski definition) is 1. The molecule has 0 aliphatic rings. The SMILES string of the molecule is CN(Cc1ccc(F)cc1)Cc1ccc(C(N)=S)cc1F. The monoisotopic (exact) mass is 306 g/mol.